The third-order valence-electron chi connectivity index (χ3n) is 3.03. The quantitative estimate of drug-likeness (QED) is 0.469. The van der Waals surface area contributed by atoms with Gasteiger partial charge in [-0.1, -0.05) is 12.1 Å². The van der Waals surface area contributed by atoms with E-state index < -0.39 is 0 Å². The molecule has 3 heteroatoms. The first-order valence-electron chi connectivity index (χ1n) is 5.52. The Balaban J connectivity index is 2.46. The van der Waals surface area contributed by atoms with Crippen LogP contribution in [-0.2, 0) is 7.05 Å². The van der Waals surface area contributed by atoms with Gasteiger partial charge in [0.1, 0.15) is 23.8 Å². The van der Waals surface area contributed by atoms with E-state index in [1.165, 1.54) is 0 Å². The minimum absolute atomic E-state index is 0.852. The number of hydrogen-bond acceptors (Lipinski definition) is 2. The zero-order valence-electron chi connectivity index (χ0n) is 9.84. The fourth-order valence-corrected chi connectivity index (χ4v) is 2.10. The van der Waals surface area contributed by atoms with Gasteiger partial charge in [-0.15, -0.1) is 0 Å². The van der Waals surface area contributed by atoms with Crippen LogP contribution in [0.2, 0.25) is 0 Å². The van der Waals surface area contributed by atoms with Gasteiger partial charge in [-0.3, -0.25) is 0 Å². The number of fused-ring (bicyclic) bond motifs is 2. The molecule has 0 fully saturated rings. The van der Waals surface area contributed by atoms with E-state index in [4.69, 9.17) is 4.74 Å². The molecular weight excluding hydrogens is 212 g/mol. The van der Waals surface area contributed by atoms with Crippen molar-refractivity contribution in [3.05, 3.63) is 42.5 Å². The minimum atomic E-state index is 0.852. The van der Waals surface area contributed by atoms with Crippen molar-refractivity contribution in [2.24, 2.45) is 7.05 Å². The Bertz CT molecular complexity index is 707. The lowest BCUT2D eigenvalue weighted by molar-refractivity contribution is -0.618. The van der Waals surface area contributed by atoms with Gasteiger partial charge >= 0.3 is 0 Å². The molecule has 84 valence electrons. The van der Waals surface area contributed by atoms with Gasteiger partial charge in [-0.2, -0.15) is 4.57 Å². The Labute approximate surface area is 99.3 Å². The van der Waals surface area contributed by atoms with Gasteiger partial charge in [0, 0.05) is 6.07 Å². The highest BCUT2D eigenvalue weighted by Crippen LogP contribution is 2.18. The Morgan fingerprint density at radius 2 is 1.76 bits per heavy atom. The molecule has 0 bridgehead atoms. The molecule has 1 aromatic heterocycles. The molecule has 1 heterocycles. The van der Waals surface area contributed by atoms with Crippen molar-refractivity contribution in [2.45, 2.75) is 0 Å². The largest absolute Gasteiger partial charge is 0.497 e. The van der Waals surface area contributed by atoms with Crippen LogP contribution < -0.4 is 9.30 Å². The molecule has 0 aliphatic heterocycles. The van der Waals surface area contributed by atoms with Crippen molar-refractivity contribution in [3.63, 3.8) is 0 Å². The van der Waals surface area contributed by atoms with Crippen LogP contribution in [0.5, 0.6) is 5.75 Å². The number of ether oxygens (including phenoxy) is 1. The highest BCUT2D eigenvalue weighted by atomic mass is 16.5. The molecule has 0 radical (unpaired) electrons. The second-order valence-corrected chi connectivity index (χ2v) is 4.01. The summed E-state index contributed by atoms with van der Waals surface area (Å²) in [5.41, 5.74) is 4.18. The van der Waals surface area contributed by atoms with E-state index >= 15 is 0 Å². The first-order chi connectivity index (χ1) is 8.29. The lowest BCUT2D eigenvalue weighted by Crippen LogP contribution is -2.30. The molecule has 0 aliphatic carbocycles. The van der Waals surface area contributed by atoms with Crippen molar-refractivity contribution in [1.82, 2.24) is 4.98 Å². The van der Waals surface area contributed by atoms with Gasteiger partial charge in [0.25, 0.3) is 0 Å². The van der Waals surface area contributed by atoms with Crippen molar-refractivity contribution < 1.29 is 9.30 Å². The smallest absolute Gasteiger partial charge is 0.235 e. The molecule has 0 saturated carbocycles. The van der Waals surface area contributed by atoms with Crippen molar-refractivity contribution in [3.8, 4) is 5.75 Å². The normalized spacial score (nSPS) is 10.9. The highest BCUT2D eigenvalue weighted by Gasteiger charge is 2.12. The number of rotatable bonds is 1. The zero-order valence-corrected chi connectivity index (χ0v) is 9.84. The molecule has 17 heavy (non-hydrogen) atoms. The molecule has 0 spiro atoms. The van der Waals surface area contributed by atoms with Crippen molar-refractivity contribution in [2.75, 3.05) is 7.11 Å². The molecule has 0 unspecified atom stereocenters. The SMILES string of the molecule is COc1ccc2nc3ccccc3[n+](C)c2c1. The summed E-state index contributed by atoms with van der Waals surface area (Å²) in [4.78, 5) is 4.64. The number of hydrogen-bond donors (Lipinski definition) is 0. The maximum absolute atomic E-state index is 5.25. The standard InChI is InChI=1S/C14H13N2O/c1-16-13-6-4-3-5-11(13)15-12-8-7-10(17-2)9-14(12)16/h3-9H,1-2H3/q+1. The van der Waals surface area contributed by atoms with Gasteiger partial charge in [0.15, 0.2) is 0 Å². The van der Waals surface area contributed by atoms with Gasteiger partial charge in [0.05, 0.1) is 13.2 Å². The fraction of sp³-hybridized carbons (Fsp3) is 0.143. The summed E-state index contributed by atoms with van der Waals surface area (Å²) in [6.07, 6.45) is 0. The molecule has 0 atom stereocenters. The van der Waals surface area contributed by atoms with Crippen LogP contribution in [0.3, 0.4) is 0 Å². The summed E-state index contributed by atoms with van der Waals surface area (Å²) in [5, 5.41) is 0. The van der Waals surface area contributed by atoms with Gasteiger partial charge in [-0.05, 0) is 18.2 Å². The maximum Gasteiger partial charge on any atom is 0.235 e. The van der Waals surface area contributed by atoms with Gasteiger partial charge in [0.2, 0.25) is 11.0 Å². The lowest BCUT2D eigenvalue weighted by atomic mass is 10.2. The number of benzene rings is 2. The number of aryl methyl sites for hydroxylation is 1. The summed E-state index contributed by atoms with van der Waals surface area (Å²) in [6, 6.07) is 14.1. The van der Waals surface area contributed by atoms with Crippen molar-refractivity contribution in [1.29, 1.82) is 0 Å². The summed E-state index contributed by atoms with van der Waals surface area (Å²) < 4.78 is 7.39. The summed E-state index contributed by atoms with van der Waals surface area (Å²) in [7, 11) is 3.72. The summed E-state index contributed by atoms with van der Waals surface area (Å²) in [6.45, 7) is 0. The highest BCUT2D eigenvalue weighted by molar-refractivity contribution is 5.82. The van der Waals surface area contributed by atoms with E-state index in [1.807, 2.05) is 43.4 Å². The fourth-order valence-electron chi connectivity index (χ4n) is 2.10. The molecule has 0 amide bonds. The Morgan fingerprint density at radius 1 is 1.00 bits per heavy atom. The zero-order chi connectivity index (χ0) is 11.8. The van der Waals surface area contributed by atoms with E-state index in [0.29, 0.717) is 0 Å². The van der Waals surface area contributed by atoms with E-state index in [0.717, 1.165) is 27.8 Å². The van der Waals surface area contributed by atoms with E-state index in [-0.39, 0.29) is 0 Å². The number of methoxy groups -OCH3 is 1. The molecule has 0 aliphatic rings. The van der Waals surface area contributed by atoms with Crippen LogP contribution in [-0.4, -0.2) is 12.1 Å². The first kappa shape index (κ1) is 10.0. The number of nitrogens with zero attached hydrogens (tertiary/aromatic N) is 2. The van der Waals surface area contributed by atoms with Crippen LogP contribution in [0, 0.1) is 0 Å². The number of para-hydroxylation sites is 2. The lowest BCUT2D eigenvalue weighted by Gasteiger charge is -2.03. The molecule has 3 rings (SSSR count). The Hall–Kier alpha value is -2.16. The first-order valence-corrected chi connectivity index (χ1v) is 5.52. The van der Waals surface area contributed by atoms with Crippen molar-refractivity contribution >= 4 is 22.1 Å². The number of aromatic nitrogens is 2. The van der Waals surface area contributed by atoms with E-state index in [9.17, 15) is 0 Å². The molecular formula is C14H13N2O+. The molecule has 3 aromatic rings. The Kier molecular flexibility index (Phi) is 2.18. The minimum Gasteiger partial charge on any atom is -0.497 e. The van der Waals surface area contributed by atoms with Gasteiger partial charge in [-0.25, -0.2) is 4.98 Å². The third-order valence-corrected chi connectivity index (χ3v) is 3.03. The van der Waals surface area contributed by atoms with Crippen LogP contribution in [0.15, 0.2) is 42.5 Å². The second kappa shape index (κ2) is 3.70. The van der Waals surface area contributed by atoms with Gasteiger partial charge < -0.3 is 4.74 Å². The van der Waals surface area contributed by atoms with Crippen LogP contribution >= 0.6 is 0 Å². The third kappa shape index (κ3) is 1.51. The summed E-state index contributed by atoms with van der Waals surface area (Å²) in [5.74, 6) is 0.852. The average Bonchev–Trinajstić information content (AvgIpc) is 2.39. The predicted octanol–water partition coefficient (Wildman–Crippen LogP) is 2.22. The Morgan fingerprint density at radius 3 is 2.59 bits per heavy atom. The van der Waals surface area contributed by atoms with Crippen LogP contribution in [0.1, 0.15) is 0 Å². The van der Waals surface area contributed by atoms with Crippen LogP contribution in [0.4, 0.5) is 0 Å². The van der Waals surface area contributed by atoms with Crippen LogP contribution in [0.25, 0.3) is 22.1 Å². The van der Waals surface area contributed by atoms with E-state index in [2.05, 4.69) is 15.6 Å². The summed E-state index contributed by atoms with van der Waals surface area (Å²) >= 11 is 0. The van der Waals surface area contributed by atoms with E-state index in [1.54, 1.807) is 7.11 Å². The molecule has 0 N–H and O–H groups in total. The second-order valence-electron chi connectivity index (χ2n) is 4.01. The average molecular weight is 225 g/mol. The maximum atomic E-state index is 5.25. The topological polar surface area (TPSA) is 26.0 Å². The molecule has 2 aromatic carbocycles. The monoisotopic (exact) mass is 225 g/mol. The molecule has 0 saturated heterocycles. The molecule has 3 nitrogen and oxygen atoms in total. The predicted molar refractivity (Wildman–Crippen MR) is 67.0 cm³/mol.